The number of oxazole rings is 1. The highest BCUT2D eigenvalue weighted by atomic mass is 32.2. The molecule has 0 saturated carbocycles. The van der Waals surface area contributed by atoms with Crippen molar-refractivity contribution >= 4 is 49.1 Å². The van der Waals surface area contributed by atoms with Gasteiger partial charge < -0.3 is 13.9 Å². The van der Waals surface area contributed by atoms with Gasteiger partial charge in [0.05, 0.1) is 24.1 Å². The molecule has 2 N–H and O–H groups in total. The van der Waals surface area contributed by atoms with Crippen LogP contribution in [-0.4, -0.2) is 45.1 Å². The van der Waals surface area contributed by atoms with Gasteiger partial charge in [-0.15, -0.1) is 0 Å². The summed E-state index contributed by atoms with van der Waals surface area (Å²) in [6, 6.07) is 6.95. The standard InChI is InChI=1S/C20H16N2O10S2/c1-30-20(23)6-11-10-21-14-7-12(33(24,25)26)2-4-16(14)31-18(21)9-19-22(11)15-8-13(34(27,28)29)3-5-17(15)32-19/h2-5,7-9,11H,6,10H2,1H3,(H-,24,25,26,27,28,29)/p+1. The summed E-state index contributed by atoms with van der Waals surface area (Å²) in [6.45, 7) is 0.0747. The normalized spacial score (nSPS) is 17.3. The molecular formula is C20H17N2O10S2+. The monoisotopic (exact) mass is 509 g/mol. The molecule has 0 fully saturated rings. The molecule has 3 heterocycles. The third kappa shape index (κ3) is 3.69. The molecule has 2 aliphatic rings. The van der Waals surface area contributed by atoms with Gasteiger partial charge in [0.2, 0.25) is 11.5 Å². The molecule has 5 rings (SSSR count). The summed E-state index contributed by atoms with van der Waals surface area (Å²) in [6.07, 6.45) is 1.36. The van der Waals surface area contributed by atoms with Crippen LogP contribution in [0, 0.1) is 0 Å². The van der Waals surface area contributed by atoms with E-state index in [1.165, 1.54) is 49.6 Å². The second-order valence-corrected chi connectivity index (χ2v) is 10.5. The van der Waals surface area contributed by atoms with Gasteiger partial charge in [-0.1, -0.05) is 0 Å². The van der Waals surface area contributed by atoms with Crippen LogP contribution in [0.1, 0.15) is 12.3 Å². The van der Waals surface area contributed by atoms with E-state index < -0.39 is 32.2 Å². The van der Waals surface area contributed by atoms with E-state index in [1.54, 1.807) is 9.47 Å². The number of anilines is 1. The topological polar surface area (TPSA) is 165 Å². The Kier molecular flexibility index (Phi) is 4.95. The molecule has 0 amide bonds. The van der Waals surface area contributed by atoms with Crippen molar-refractivity contribution in [3.63, 3.8) is 0 Å². The van der Waals surface area contributed by atoms with Crippen molar-refractivity contribution in [3.05, 3.63) is 48.2 Å². The lowest BCUT2D eigenvalue weighted by molar-refractivity contribution is -0.679. The number of nitrogens with zero attached hydrogens (tertiary/aromatic N) is 2. The maximum absolute atomic E-state index is 12.2. The molecule has 0 spiro atoms. The second-order valence-electron chi connectivity index (χ2n) is 7.65. The van der Waals surface area contributed by atoms with Crippen molar-refractivity contribution in [3.8, 4) is 5.75 Å². The van der Waals surface area contributed by atoms with Crippen LogP contribution in [0.5, 0.6) is 5.75 Å². The Morgan fingerprint density at radius 3 is 2.47 bits per heavy atom. The molecule has 0 saturated heterocycles. The molecule has 1 atom stereocenters. The van der Waals surface area contributed by atoms with Gasteiger partial charge in [-0.05, 0) is 30.3 Å². The molecule has 1 unspecified atom stereocenters. The average molecular weight is 509 g/mol. The fourth-order valence-corrected chi connectivity index (χ4v) is 5.06. The molecule has 0 radical (unpaired) electrons. The van der Waals surface area contributed by atoms with E-state index >= 15 is 0 Å². The van der Waals surface area contributed by atoms with Gasteiger partial charge in [-0.2, -0.15) is 21.4 Å². The number of carbonyl (C=O) groups excluding carboxylic acids is 1. The van der Waals surface area contributed by atoms with Crippen LogP contribution >= 0.6 is 0 Å². The number of benzene rings is 2. The number of esters is 1. The zero-order valence-electron chi connectivity index (χ0n) is 17.4. The minimum absolute atomic E-state index is 0.0747. The first-order chi connectivity index (χ1) is 16.0. The SMILES string of the molecule is COC(=O)CC1C[n+]2c(oc3ccc(S(=O)(=O)O)cc32)C=C2Oc3ccc(S(=O)(=O)O)cc3N21. The number of carbonyl (C=O) groups is 1. The summed E-state index contributed by atoms with van der Waals surface area (Å²) in [5, 5.41) is 0. The van der Waals surface area contributed by atoms with Crippen LogP contribution in [0.25, 0.3) is 17.2 Å². The molecule has 34 heavy (non-hydrogen) atoms. The van der Waals surface area contributed by atoms with Crippen molar-refractivity contribution in [1.29, 1.82) is 0 Å². The summed E-state index contributed by atoms with van der Waals surface area (Å²) in [7, 11) is -7.76. The molecule has 12 nitrogen and oxygen atoms in total. The van der Waals surface area contributed by atoms with Gasteiger partial charge in [-0.25, -0.2) is 0 Å². The molecular weight excluding hydrogens is 492 g/mol. The van der Waals surface area contributed by atoms with Crippen LogP contribution in [0.3, 0.4) is 0 Å². The summed E-state index contributed by atoms with van der Waals surface area (Å²) < 4.78 is 83.7. The van der Waals surface area contributed by atoms with E-state index in [4.69, 9.17) is 13.9 Å². The number of hydrogen-bond acceptors (Lipinski definition) is 9. The van der Waals surface area contributed by atoms with Crippen LogP contribution in [0.2, 0.25) is 0 Å². The molecule has 0 aliphatic carbocycles. The predicted octanol–water partition coefficient (Wildman–Crippen LogP) is 1.36. The number of methoxy groups -OCH3 is 1. The zero-order valence-corrected chi connectivity index (χ0v) is 19.0. The van der Waals surface area contributed by atoms with Crippen LogP contribution in [0.4, 0.5) is 5.69 Å². The summed E-state index contributed by atoms with van der Waals surface area (Å²) >= 11 is 0. The highest BCUT2D eigenvalue weighted by Gasteiger charge is 2.42. The van der Waals surface area contributed by atoms with E-state index in [-0.39, 0.29) is 34.5 Å². The molecule has 2 aromatic carbocycles. The van der Waals surface area contributed by atoms with Crippen molar-refractivity contribution in [2.75, 3.05) is 12.0 Å². The third-order valence-electron chi connectivity index (χ3n) is 5.57. The van der Waals surface area contributed by atoms with Crippen molar-refractivity contribution in [2.45, 2.75) is 28.8 Å². The van der Waals surface area contributed by atoms with Crippen molar-refractivity contribution in [2.24, 2.45) is 0 Å². The van der Waals surface area contributed by atoms with Gasteiger partial charge in [-0.3, -0.25) is 18.8 Å². The number of hydrogen-bond donors (Lipinski definition) is 2. The van der Waals surface area contributed by atoms with Crippen LogP contribution in [-0.2, 0) is 36.3 Å². The maximum atomic E-state index is 12.2. The largest absolute Gasteiger partial charge is 0.469 e. The predicted molar refractivity (Wildman–Crippen MR) is 114 cm³/mol. The second kappa shape index (κ2) is 7.53. The highest BCUT2D eigenvalue weighted by Crippen LogP contribution is 2.43. The third-order valence-corrected chi connectivity index (χ3v) is 7.27. The molecule has 0 bridgehead atoms. The molecule has 1 aromatic heterocycles. The number of fused-ring (bicyclic) bond motifs is 6. The molecule has 178 valence electrons. The van der Waals surface area contributed by atoms with Gasteiger partial charge in [0.15, 0.2) is 12.3 Å². The van der Waals surface area contributed by atoms with E-state index in [2.05, 4.69) is 0 Å². The minimum atomic E-state index is -4.50. The lowest BCUT2D eigenvalue weighted by Gasteiger charge is -2.24. The minimum Gasteiger partial charge on any atom is -0.469 e. The van der Waals surface area contributed by atoms with Gasteiger partial charge in [0.1, 0.15) is 17.0 Å². The van der Waals surface area contributed by atoms with Gasteiger partial charge in [0, 0.05) is 6.07 Å². The average Bonchev–Trinajstić information content (AvgIpc) is 3.24. The van der Waals surface area contributed by atoms with Crippen molar-refractivity contribution < 1.29 is 49.2 Å². The molecule has 3 aromatic rings. The van der Waals surface area contributed by atoms with Crippen LogP contribution in [0.15, 0.2) is 56.5 Å². The Morgan fingerprint density at radius 2 is 1.79 bits per heavy atom. The van der Waals surface area contributed by atoms with Gasteiger partial charge >= 0.3 is 11.9 Å². The number of rotatable bonds is 4. The van der Waals surface area contributed by atoms with Crippen molar-refractivity contribution in [1.82, 2.24) is 0 Å². The van der Waals surface area contributed by atoms with E-state index in [9.17, 15) is 30.7 Å². The van der Waals surface area contributed by atoms with E-state index in [1.807, 2.05) is 0 Å². The Morgan fingerprint density at radius 1 is 1.12 bits per heavy atom. The fourth-order valence-electron chi connectivity index (χ4n) is 4.06. The first kappa shape index (κ1) is 22.3. The fraction of sp³-hybridized carbons (Fsp3) is 0.200. The first-order valence-corrected chi connectivity index (χ1v) is 12.6. The summed E-state index contributed by atoms with van der Waals surface area (Å²) in [5.74, 6) is 0.223. The number of aromatic nitrogens is 1. The molecule has 14 heteroatoms. The first-order valence-electron chi connectivity index (χ1n) is 9.77. The zero-order chi connectivity index (χ0) is 24.4. The number of ether oxygens (including phenoxy) is 2. The van der Waals surface area contributed by atoms with Crippen LogP contribution < -0.4 is 14.2 Å². The molecule has 2 aliphatic heterocycles. The Bertz CT molecular complexity index is 1610. The quantitative estimate of drug-likeness (QED) is 0.296. The highest BCUT2D eigenvalue weighted by molar-refractivity contribution is 7.86. The Labute approximate surface area is 193 Å². The van der Waals surface area contributed by atoms with E-state index in [0.29, 0.717) is 22.5 Å². The maximum Gasteiger partial charge on any atom is 0.379 e. The lowest BCUT2D eigenvalue weighted by atomic mass is 10.1. The Balaban J connectivity index is 1.69. The van der Waals surface area contributed by atoms with Gasteiger partial charge in [0.25, 0.3) is 25.8 Å². The summed E-state index contributed by atoms with van der Waals surface area (Å²) in [4.78, 5) is 13.1. The van der Waals surface area contributed by atoms with E-state index in [0.717, 1.165) is 0 Å². The Hall–Kier alpha value is -3.46. The summed E-state index contributed by atoms with van der Waals surface area (Å²) in [5.41, 5.74) is 0.961. The smallest absolute Gasteiger partial charge is 0.379 e. The lowest BCUT2D eigenvalue weighted by Crippen LogP contribution is -2.47.